The number of anilines is 1. The number of carbonyl (C=O) groups excluding carboxylic acids is 2. The number of likely N-dealkylation sites (tertiary alicyclic amines) is 1. The molecule has 30 heavy (non-hydrogen) atoms. The van der Waals surface area contributed by atoms with Crippen LogP contribution in [0.1, 0.15) is 51.7 Å². The molecule has 0 bridgehead atoms. The summed E-state index contributed by atoms with van der Waals surface area (Å²) in [6.07, 6.45) is 3.39. The van der Waals surface area contributed by atoms with Gasteiger partial charge < -0.3 is 20.3 Å². The Morgan fingerprint density at radius 1 is 1.30 bits per heavy atom. The lowest BCUT2D eigenvalue weighted by molar-refractivity contribution is -0.112. The largest absolute Gasteiger partial charge is 0.444 e. The van der Waals surface area contributed by atoms with Gasteiger partial charge >= 0.3 is 6.09 Å². The molecule has 1 saturated heterocycles. The number of nitrogens with zero attached hydrogens (tertiary/aromatic N) is 2. The fourth-order valence-electron chi connectivity index (χ4n) is 3.29. The number of nitrogens with one attached hydrogen (secondary N) is 2. The van der Waals surface area contributed by atoms with Crippen LogP contribution >= 0.6 is 0 Å². The highest BCUT2D eigenvalue weighted by molar-refractivity contribution is 6.07. The van der Waals surface area contributed by atoms with E-state index in [-0.39, 0.29) is 17.7 Å². The number of nitriles is 1. The van der Waals surface area contributed by atoms with Gasteiger partial charge in [-0.25, -0.2) is 4.79 Å². The van der Waals surface area contributed by atoms with Gasteiger partial charge in [0.15, 0.2) is 0 Å². The Hall–Kier alpha value is -3.01. The first-order valence-corrected chi connectivity index (χ1v) is 10.4. The molecule has 1 aromatic rings. The first-order chi connectivity index (χ1) is 14.1. The van der Waals surface area contributed by atoms with Crippen molar-refractivity contribution in [3.63, 3.8) is 0 Å². The van der Waals surface area contributed by atoms with Crippen LogP contribution in [0.3, 0.4) is 0 Å². The zero-order valence-corrected chi connectivity index (χ0v) is 18.5. The van der Waals surface area contributed by atoms with Gasteiger partial charge in [-0.05, 0) is 58.1 Å². The molecule has 7 nitrogen and oxygen atoms in total. The minimum absolute atomic E-state index is 0.0230. The van der Waals surface area contributed by atoms with Gasteiger partial charge in [-0.2, -0.15) is 5.26 Å². The number of hydrogen-bond acceptors (Lipinski definition) is 5. The third kappa shape index (κ3) is 6.51. The number of hydrogen-bond donors (Lipinski definition) is 2. The molecule has 2 rings (SSSR count). The van der Waals surface area contributed by atoms with E-state index >= 15 is 0 Å². The molecule has 162 valence electrons. The van der Waals surface area contributed by atoms with E-state index in [1.54, 1.807) is 4.90 Å². The van der Waals surface area contributed by atoms with Crippen molar-refractivity contribution in [1.29, 1.82) is 5.26 Å². The monoisotopic (exact) mass is 412 g/mol. The molecule has 1 aliphatic rings. The predicted octanol–water partition coefficient (Wildman–Crippen LogP) is 3.89. The first kappa shape index (κ1) is 23.3. The Kier molecular flexibility index (Phi) is 7.87. The van der Waals surface area contributed by atoms with Crippen molar-refractivity contribution in [1.82, 2.24) is 10.2 Å². The fraction of sp³-hybridized carbons (Fsp3) is 0.522. The number of benzene rings is 1. The maximum atomic E-state index is 12.6. The summed E-state index contributed by atoms with van der Waals surface area (Å²) in [6, 6.07) is 7.91. The molecular formula is C23H32N4O3. The Bertz CT molecular complexity index is 841. The second-order valence-corrected chi connectivity index (χ2v) is 8.49. The van der Waals surface area contributed by atoms with Gasteiger partial charge in [-0.1, -0.05) is 25.1 Å². The van der Waals surface area contributed by atoms with Gasteiger partial charge in [-0.3, -0.25) is 4.79 Å². The maximum Gasteiger partial charge on any atom is 0.410 e. The lowest BCUT2D eigenvalue weighted by Gasteiger charge is -2.33. The molecule has 1 fully saturated rings. The van der Waals surface area contributed by atoms with Crippen LogP contribution in [0.5, 0.6) is 0 Å². The molecule has 1 heterocycles. The summed E-state index contributed by atoms with van der Waals surface area (Å²) in [5, 5.41) is 15.5. The summed E-state index contributed by atoms with van der Waals surface area (Å²) in [6.45, 7) is 10.6. The van der Waals surface area contributed by atoms with Gasteiger partial charge in [0.1, 0.15) is 17.2 Å². The summed E-state index contributed by atoms with van der Waals surface area (Å²) >= 11 is 0. The van der Waals surface area contributed by atoms with Crippen LogP contribution < -0.4 is 10.6 Å². The van der Waals surface area contributed by atoms with Gasteiger partial charge in [0.05, 0.1) is 0 Å². The molecule has 0 spiro atoms. The van der Waals surface area contributed by atoms with Crippen LogP contribution in [0.25, 0.3) is 0 Å². The van der Waals surface area contributed by atoms with Gasteiger partial charge in [0.25, 0.3) is 5.91 Å². The molecule has 0 unspecified atom stereocenters. The topological polar surface area (TPSA) is 94.5 Å². The number of ether oxygens (including phenoxy) is 1. The van der Waals surface area contributed by atoms with Gasteiger partial charge in [-0.15, -0.1) is 0 Å². The Morgan fingerprint density at radius 2 is 1.97 bits per heavy atom. The lowest BCUT2D eigenvalue weighted by Crippen LogP contribution is -2.45. The highest BCUT2D eigenvalue weighted by Crippen LogP contribution is 2.22. The quantitative estimate of drug-likeness (QED) is 0.565. The Balaban J connectivity index is 1.93. The average Bonchev–Trinajstić information content (AvgIpc) is 2.69. The van der Waals surface area contributed by atoms with Crippen LogP contribution in [0.2, 0.25) is 0 Å². The van der Waals surface area contributed by atoms with Crippen LogP contribution in [-0.2, 0) is 16.0 Å². The number of amides is 2. The molecule has 1 aliphatic heterocycles. The maximum absolute atomic E-state index is 12.6. The highest BCUT2D eigenvalue weighted by Gasteiger charge is 2.26. The van der Waals surface area contributed by atoms with Gasteiger partial charge in [0.2, 0.25) is 0 Å². The van der Waals surface area contributed by atoms with Crippen molar-refractivity contribution in [2.75, 3.05) is 18.4 Å². The van der Waals surface area contributed by atoms with E-state index in [1.807, 2.05) is 58.9 Å². The van der Waals surface area contributed by atoms with E-state index in [9.17, 15) is 14.9 Å². The number of aryl methyl sites for hydroxylation is 2. The zero-order chi connectivity index (χ0) is 22.3. The van der Waals surface area contributed by atoms with E-state index in [2.05, 4.69) is 10.6 Å². The SMILES string of the molecule is CCc1cccc(C)c1NC(=O)/C(C#N)=C\NC1CCN(C(=O)OC(C)(C)C)CC1. The summed E-state index contributed by atoms with van der Waals surface area (Å²) < 4.78 is 5.40. The van der Waals surface area contributed by atoms with Crippen molar-refractivity contribution >= 4 is 17.7 Å². The predicted molar refractivity (Wildman–Crippen MR) is 117 cm³/mol. The second-order valence-electron chi connectivity index (χ2n) is 8.49. The minimum Gasteiger partial charge on any atom is -0.444 e. The van der Waals surface area contributed by atoms with Crippen molar-refractivity contribution in [3.8, 4) is 6.07 Å². The third-order valence-corrected chi connectivity index (χ3v) is 4.95. The number of para-hydroxylation sites is 1. The molecule has 2 amide bonds. The normalized spacial score (nSPS) is 15.3. The summed E-state index contributed by atoms with van der Waals surface area (Å²) in [5.41, 5.74) is 2.26. The van der Waals surface area contributed by atoms with Crippen molar-refractivity contribution in [3.05, 3.63) is 41.1 Å². The summed E-state index contributed by atoms with van der Waals surface area (Å²) in [7, 11) is 0. The minimum atomic E-state index is -0.515. The lowest BCUT2D eigenvalue weighted by atomic mass is 10.0. The Labute approximate surface area is 179 Å². The number of rotatable bonds is 5. The van der Waals surface area contributed by atoms with E-state index < -0.39 is 11.5 Å². The highest BCUT2D eigenvalue weighted by atomic mass is 16.6. The van der Waals surface area contributed by atoms with Crippen LogP contribution in [0.15, 0.2) is 30.0 Å². The van der Waals surface area contributed by atoms with Gasteiger partial charge in [0, 0.05) is 31.0 Å². The number of carbonyl (C=O) groups is 2. The summed E-state index contributed by atoms with van der Waals surface area (Å²) in [5.74, 6) is -0.430. The van der Waals surface area contributed by atoms with Crippen molar-refractivity contribution in [2.45, 2.75) is 65.5 Å². The molecule has 2 N–H and O–H groups in total. The average molecular weight is 413 g/mol. The molecule has 1 aromatic carbocycles. The van der Waals surface area contributed by atoms with Crippen molar-refractivity contribution < 1.29 is 14.3 Å². The zero-order valence-electron chi connectivity index (χ0n) is 18.5. The van der Waals surface area contributed by atoms with Crippen LogP contribution in [0, 0.1) is 18.3 Å². The molecule has 0 saturated carbocycles. The van der Waals surface area contributed by atoms with E-state index in [4.69, 9.17) is 4.74 Å². The van der Waals surface area contributed by atoms with Crippen LogP contribution in [0.4, 0.5) is 10.5 Å². The molecule has 0 aromatic heterocycles. The first-order valence-electron chi connectivity index (χ1n) is 10.4. The van der Waals surface area contributed by atoms with Crippen molar-refractivity contribution in [2.24, 2.45) is 0 Å². The van der Waals surface area contributed by atoms with E-state index in [0.717, 1.165) is 23.2 Å². The van der Waals surface area contributed by atoms with E-state index in [1.165, 1.54) is 6.20 Å². The smallest absolute Gasteiger partial charge is 0.410 e. The molecule has 0 aliphatic carbocycles. The molecule has 0 atom stereocenters. The molecule has 7 heteroatoms. The number of piperidine rings is 1. The summed E-state index contributed by atoms with van der Waals surface area (Å²) in [4.78, 5) is 26.4. The third-order valence-electron chi connectivity index (χ3n) is 4.95. The molecular weight excluding hydrogens is 380 g/mol. The standard InChI is InChI=1S/C23H32N4O3/c1-6-17-9-7-8-16(2)20(17)26-21(28)18(14-24)15-25-19-10-12-27(13-11-19)22(29)30-23(3,4)5/h7-9,15,19,25H,6,10-13H2,1-5H3,(H,26,28)/b18-15-. The van der Waals surface area contributed by atoms with E-state index in [0.29, 0.717) is 25.9 Å². The second kappa shape index (κ2) is 10.1. The molecule has 0 radical (unpaired) electrons. The Morgan fingerprint density at radius 3 is 2.53 bits per heavy atom. The fourth-order valence-corrected chi connectivity index (χ4v) is 3.29. The van der Waals surface area contributed by atoms with Crippen LogP contribution in [-0.4, -0.2) is 41.6 Å².